The minimum absolute atomic E-state index is 0.116. The van der Waals surface area contributed by atoms with Crippen LogP contribution in [0.1, 0.15) is 22.8 Å². The normalized spacial score (nSPS) is 19.0. The van der Waals surface area contributed by atoms with E-state index >= 15 is 0 Å². The Morgan fingerprint density at radius 3 is 2.43 bits per heavy atom. The molecule has 0 bridgehead atoms. The summed E-state index contributed by atoms with van der Waals surface area (Å²) in [4.78, 5) is 37.9. The van der Waals surface area contributed by atoms with Crippen LogP contribution in [0.15, 0.2) is 36.4 Å². The van der Waals surface area contributed by atoms with Crippen LogP contribution in [0.25, 0.3) is 0 Å². The van der Waals surface area contributed by atoms with Crippen LogP contribution < -0.4 is 10.1 Å². The lowest BCUT2D eigenvalue weighted by Gasteiger charge is -2.23. The summed E-state index contributed by atoms with van der Waals surface area (Å²) in [6, 6.07) is 5.17. The van der Waals surface area contributed by atoms with E-state index in [0.29, 0.717) is 11.0 Å². The van der Waals surface area contributed by atoms with Gasteiger partial charge < -0.3 is 10.1 Å². The average molecular weight is 392 g/mol. The molecule has 146 valence electrons. The van der Waals surface area contributed by atoms with Crippen LogP contribution in [0.4, 0.5) is 18.0 Å². The summed E-state index contributed by atoms with van der Waals surface area (Å²) in [6.45, 7) is 0.516. The Morgan fingerprint density at radius 1 is 1.11 bits per heavy atom. The number of methoxy groups -OCH3 is 1. The summed E-state index contributed by atoms with van der Waals surface area (Å²) in [6.07, 6.45) is 0. The molecule has 1 N–H and O–H groups in total. The quantitative estimate of drug-likeness (QED) is 0.627. The number of nitrogens with one attached hydrogen (secondary N) is 1. The monoisotopic (exact) mass is 392 g/mol. The number of ketones is 1. The van der Waals surface area contributed by atoms with E-state index in [1.54, 1.807) is 0 Å². The molecule has 6 nitrogen and oxygen atoms in total. The molecule has 0 radical (unpaired) electrons. The van der Waals surface area contributed by atoms with Crippen LogP contribution in [-0.2, 0) is 10.3 Å². The summed E-state index contributed by atoms with van der Waals surface area (Å²) in [7, 11) is 1.35. The SMILES string of the molecule is COc1ccc(C2(C)NC(=O)N(CC(=O)c3ccc(F)cc3F)C2=O)c(F)c1. The van der Waals surface area contributed by atoms with Gasteiger partial charge in [-0.05, 0) is 31.2 Å². The maximum Gasteiger partial charge on any atom is 0.325 e. The van der Waals surface area contributed by atoms with Crippen molar-refractivity contribution >= 4 is 17.7 Å². The third-order valence-electron chi connectivity index (χ3n) is 4.52. The van der Waals surface area contributed by atoms with E-state index in [0.717, 1.165) is 18.2 Å². The third kappa shape index (κ3) is 3.19. The van der Waals surface area contributed by atoms with Gasteiger partial charge >= 0.3 is 6.03 Å². The van der Waals surface area contributed by atoms with Crippen molar-refractivity contribution in [1.82, 2.24) is 10.2 Å². The first-order valence-electron chi connectivity index (χ1n) is 8.13. The van der Waals surface area contributed by atoms with Gasteiger partial charge in [-0.25, -0.2) is 18.0 Å². The first-order valence-corrected chi connectivity index (χ1v) is 8.13. The van der Waals surface area contributed by atoms with Gasteiger partial charge in [0.25, 0.3) is 5.91 Å². The number of carbonyl (C=O) groups is 3. The fourth-order valence-corrected chi connectivity index (χ4v) is 3.00. The molecule has 1 unspecified atom stereocenters. The van der Waals surface area contributed by atoms with Gasteiger partial charge in [-0.2, -0.15) is 0 Å². The highest BCUT2D eigenvalue weighted by atomic mass is 19.1. The Hall–Kier alpha value is -3.36. The number of rotatable bonds is 5. The van der Waals surface area contributed by atoms with Gasteiger partial charge in [-0.3, -0.25) is 14.5 Å². The van der Waals surface area contributed by atoms with Gasteiger partial charge in [0.05, 0.1) is 19.2 Å². The number of amides is 3. The number of hydrogen-bond donors (Lipinski definition) is 1. The van der Waals surface area contributed by atoms with Gasteiger partial charge in [0, 0.05) is 17.7 Å². The number of halogens is 3. The molecule has 0 saturated carbocycles. The van der Waals surface area contributed by atoms with Crippen molar-refractivity contribution in [2.75, 3.05) is 13.7 Å². The number of benzene rings is 2. The fourth-order valence-electron chi connectivity index (χ4n) is 3.00. The second-order valence-corrected chi connectivity index (χ2v) is 6.34. The molecule has 2 aromatic carbocycles. The molecule has 2 aromatic rings. The highest BCUT2D eigenvalue weighted by molar-refractivity contribution is 6.11. The van der Waals surface area contributed by atoms with Crippen molar-refractivity contribution in [3.05, 3.63) is 65.0 Å². The van der Waals surface area contributed by atoms with Crippen molar-refractivity contribution < 1.29 is 32.3 Å². The highest BCUT2D eigenvalue weighted by Crippen LogP contribution is 2.32. The lowest BCUT2D eigenvalue weighted by atomic mass is 9.91. The minimum atomic E-state index is -1.75. The minimum Gasteiger partial charge on any atom is -0.497 e. The van der Waals surface area contributed by atoms with Crippen molar-refractivity contribution in [1.29, 1.82) is 0 Å². The molecule has 0 aromatic heterocycles. The van der Waals surface area contributed by atoms with E-state index in [1.165, 1.54) is 26.2 Å². The summed E-state index contributed by atoms with van der Waals surface area (Å²) in [5.41, 5.74) is -2.34. The molecule has 1 saturated heterocycles. The van der Waals surface area contributed by atoms with Crippen LogP contribution in [0.5, 0.6) is 5.75 Å². The van der Waals surface area contributed by atoms with Gasteiger partial charge in [0.2, 0.25) is 0 Å². The zero-order chi connectivity index (χ0) is 20.6. The standard InChI is InChI=1S/C19H15F3N2O4/c1-19(13-6-4-11(28-2)8-15(13)22)17(26)24(18(27)23-19)9-16(25)12-5-3-10(20)7-14(12)21/h3-8H,9H2,1-2H3,(H,23,27). The predicted molar refractivity (Wildman–Crippen MR) is 91.2 cm³/mol. The Labute approximate surface area is 157 Å². The maximum absolute atomic E-state index is 14.4. The topological polar surface area (TPSA) is 75.7 Å². The summed E-state index contributed by atoms with van der Waals surface area (Å²) >= 11 is 0. The smallest absolute Gasteiger partial charge is 0.325 e. The number of imide groups is 1. The van der Waals surface area contributed by atoms with E-state index in [9.17, 15) is 27.6 Å². The number of ether oxygens (including phenoxy) is 1. The highest BCUT2D eigenvalue weighted by Gasteiger charge is 2.50. The van der Waals surface area contributed by atoms with Crippen LogP contribution in [-0.4, -0.2) is 36.3 Å². The van der Waals surface area contributed by atoms with E-state index in [1.807, 2.05) is 0 Å². The zero-order valence-electron chi connectivity index (χ0n) is 14.9. The molecule has 9 heteroatoms. The molecule has 28 heavy (non-hydrogen) atoms. The van der Waals surface area contributed by atoms with Gasteiger partial charge in [-0.1, -0.05) is 0 Å². The Morgan fingerprint density at radius 2 is 1.82 bits per heavy atom. The Bertz CT molecular complexity index is 995. The van der Waals surface area contributed by atoms with E-state index < -0.39 is 52.8 Å². The van der Waals surface area contributed by atoms with Gasteiger partial charge in [0.15, 0.2) is 5.78 Å². The molecular weight excluding hydrogens is 377 g/mol. The van der Waals surface area contributed by atoms with Crippen LogP contribution in [0.3, 0.4) is 0 Å². The first kappa shape index (κ1) is 19.4. The molecular formula is C19H15F3N2O4. The molecule has 1 atom stereocenters. The molecule has 0 aliphatic carbocycles. The largest absolute Gasteiger partial charge is 0.497 e. The van der Waals surface area contributed by atoms with Crippen LogP contribution in [0, 0.1) is 17.5 Å². The van der Waals surface area contributed by atoms with E-state index in [-0.39, 0.29) is 11.3 Å². The van der Waals surface area contributed by atoms with E-state index in [4.69, 9.17) is 4.74 Å². The molecule has 1 aliphatic rings. The van der Waals surface area contributed by atoms with Crippen molar-refractivity contribution in [3.8, 4) is 5.75 Å². The summed E-state index contributed by atoms with van der Waals surface area (Å²) in [5, 5.41) is 2.36. The third-order valence-corrected chi connectivity index (χ3v) is 4.52. The maximum atomic E-state index is 14.4. The first-order chi connectivity index (χ1) is 13.2. The van der Waals surface area contributed by atoms with Crippen LogP contribution >= 0.6 is 0 Å². The second kappa shape index (κ2) is 6.99. The number of urea groups is 1. The zero-order valence-corrected chi connectivity index (χ0v) is 14.9. The van der Waals surface area contributed by atoms with Gasteiger partial charge in [-0.15, -0.1) is 0 Å². The number of nitrogens with zero attached hydrogens (tertiary/aromatic N) is 1. The predicted octanol–water partition coefficient (Wildman–Crippen LogP) is 2.76. The Balaban J connectivity index is 1.88. The lowest BCUT2D eigenvalue weighted by molar-refractivity contribution is -0.130. The van der Waals surface area contributed by atoms with Crippen molar-refractivity contribution in [3.63, 3.8) is 0 Å². The summed E-state index contributed by atoms with van der Waals surface area (Å²) < 4.78 is 46.1. The average Bonchev–Trinajstić information content (AvgIpc) is 2.85. The molecule has 1 heterocycles. The molecule has 3 amide bonds. The number of Topliss-reactive ketones (excluding diaryl/α,β-unsaturated/α-hetero) is 1. The second-order valence-electron chi connectivity index (χ2n) is 6.34. The van der Waals surface area contributed by atoms with Crippen molar-refractivity contribution in [2.24, 2.45) is 0 Å². The number of carbonyl (C=O) groups excluding carboxylic acids is 3. The van der Waals surface area contributed by atoms with Crippen molar-refractivity contribution in [2.45, 2.75) is 12.5 Å². The van der Waals surface area contributed by atoms with Gasteiger partial charge in [0.1, 0.15) is 28.7 Å². The molecule has 0 spiro atoms. The lowest BCUT2D eigenvalue weighted by Crippen LogP contribution is -2.42. The number of hydrogen-bond acceptors (Lipinski definition) is 4. The fraction of sp³-hybridized carbons (Fsp3) is 0.211. The molecule has 1 fully saturated rings. The Kier molecular flexibility index (Phi) is 4.84. The summed E-state index contributed by atoms with van der Waals surface area (Å²) in [5.74, 6) is -4.32. The molecule has 3 rings (SSSR count). The van der Waals surface area contributed by atoms with E-state index in [2.05, 4.69) is 5.32 Å². The van der Waals surface area contributed by atoms with Crippen LogP contribution in [0.2, 0.25) is 0 Å². The molecule has 1 aliphatic heterocycles.